The van der Waals surface area contributed by atoms with E-state index in [-0.39, 0.29) is 11.7 Å². The minimum Gasteiger partial charge on any atom is -0.394 e. The minimum atomic E-state index is -1.37. The zero-order chi connectivity index (χ0) is 18.5. The number of nitrogens with zero attached hydrogens (tertiary/aromatic N) is 4. The molecule has 3 aliphatic heterocycles. The fourth-order valence-electron chi connectivity index (χ4n) is 3.23. The summed E-state index contributed by atoms with van der Waals surface area (Å²) in [6, 6.07) is -0.854. The highest BCUT2D eigenvalue weighted by molar-refractivity contribution is 6.42. The Bertz CT molecular complexity index is 679. The van der Waals surface area contributed by atoms with E-state index in [9.17, 15) is 24.9 Å². The monoisotopic (exact) mass is 353 g/mol. The maximum atomic E-state index is 12.1. The third-order valence-corrected chi connectivity index (χ3v) is 4.41. The van der Waals surface area contributed by atoms with Gasteiger partial charge in [0.15, 0.2) is 29.7 Å². The quantitative estimate of drug-likeness (QED) is 0.429. The summed E-state index contributed by atoms with van der Waals surface area (Å²) in [5, 5.41) is 37.4. The van der Waals surface area contributed by atoms with Gasteiger partial charge in [0.25, 0.3) is 0 Å². The number of rotatable bonds is 3. The maximum Gasteiger partial charge on any atom is 0.226 e. The second kappa shape index (κ2) is 6.26. The molecule has 11 heteroatoms. The lowest BCUT2D eigenvalue weighted by molar-refractivity contribution is -0.136. The van der Waals surface area contributed by atoms with Gasteiger partial charge in [-0.3, -0.25) is 24.9 Å². The number of aliphatic hydroxyl groups excluding tert-OH is 3. The molecule has 0 aliphatic carbocycles. The Labute approximate surface area is 142 Å². The summed E-state index contributed by atoms with van der Waals surface area (Å²) in [5.74, 6) is -1.37. The molecule has 1 fully saturated rings. The normalized spacial score (nSPS) is 37.3. The van der Waals surface area contributed by atoms with Gasteiger partial charge >= 0.3 is 0 Å². The second-order valence-corrected chi connectivity index (χ2v) is 6.06. The van der Waals surface area contributed by atoms with Crippen LogP contribution in [0.15, 0.2) is 9.98 Å². The summed E-state index contributed by atoms with van der Waals surface area (Å²) >= 11 is 0. The average molecular weight is 353 g/mol. The molecule has 0 saturated carbocycles. The van der Waals surface area contributed by atoms with E-state index in [4.69, 9.17) is 10.1 Å². The van der Waals surface area contributed by atoms with E-state index in [1.807, 2.05) is 0 Å². The van der Waals surface area contributed by atoms with Crippen molar-refractivity contribution in [1.29, 1.82) is 5.41 Å². The van der Waals surface area contributed by atoms with Crippen molar-refractivity contribution in [3.63, 3.8) is 0 Å². The van der Waals surface area contributed by atoms with Crippen molar-refractivity contribution in [1.82, 2.24) is 9.80 Å². The first kappa shape index (κ1) is 17.6. The molecule has 1 saturated heterocycles. The number of fused-ring (bicyclic) bond motifs is 1. The van der Waals surface area contributed by atoms with Crippen LogP contribution in [0.25, 0.3) is 0 Å². The highest BCUT2D eigenvalue weighted by Crippen LogP contribution is 2.32. The Kier molecular flexibility index (Phi) is 4.41. The summed E-state index contributed by atoms with van der Waals surface area (Å²) in [4.78, 5) is 34.5. The van der Waals surface area contributed by atoms with Gasteiger partial charge < -0.3 is 25.0 Å². The molecule has 0 aromatic rings. The van der Waals surface area contributed by atoms with Crippen LogP contribution in [0.2, 0.25) is 0 Å². The molecule has 136 valence electrons. The number of Topliss-reactive ketones (excluding diaryl/α,β-unsaturated/α-hetero) is 1. The van der Waals surface area contributed by atoms with E-state index in [2.05, 4.69) is 9.98 Å². The first-order valence-corrected chi connectivity index (χ1v) is 7.69. The van der Waals surface area contributed by atoms with Crippen molar-refractivity contribution < 1.29 is 29.6 Å². The van der Waals surface area contributed by atoms with Gasteiger partial charge in [-0.15, -0.1) is 0 Å². The predicted octanol–water partition coefficient (Wildman–Crippen LogP) is -2.71. The van der Waals surface area contributed by atoms with E-state index < -0.39 is 55.0 Å². The van der Waals surface area contributed by atoms with Gasteiger partial charge in [-0.25, -0.2) is 4.99 Å². The van der Waals surface area contributed by atoms with Crippen LogP contribution in [0, 0.1) is 5.41 Å². The van der Waals surface area contributed by atoms with Crippen molar-refractivity contribution in [2.45, 2.75) is 50.6 Å². The van der Waals surface area contributed by atoms with Crippen LogP contribution in [-0.4, -0.2) is 98.2 Å². The molecule has 25 heavy (non-hydrogen) atoms. The number of aliphatic imine (C=N–C) groups is 2. The molecule has 0 aromatic heterocycles. The molecule has 4 N–H and O–H groups in total. The van der Waals surface area contributed by atoms with Crippen LogP contribution in [0.4, 0.5) is 0 Å². The Morgan fingerprint density at radius 3 is 2.52 bits per heavy atom. The summed E-state index contributed by atoms with van der Waals surface area (Å²) in [6.07, 6.45) is -4.43. The number of amides is 1. The fourth-order valence-corrected chi connectivity index (χ4v) is 3.23. The number of ketones is 1. The topological polar surface area (TPSA) is 159 Å². The number of aliphatic hydroxyl groups is 3. The number of hydrogen-bond donors (Lipinski definition) is 4. The van der Waals surface area contributed by atoms with Gasteiger partial charge in [0.2, 0.25) is 5.91 Å². The van der Waals surface area contributed by atoms with E-state index in [0.717, 1.165) is 4.90 Å². The van der Waals surface area contributed by atoms with Gasteiger partial charge in [0, 0.05) is 13.8 Å². The largest absolute Gasteiger partial charge is 0.394 e. The number of hydrogen-bond acceptors (Lipinski definition) is 9. The SMILES string of the molecule is CC(=O)C1=NC(=N)C2N=CN([C@@H]3O[C@H](CO)[C@@H](O)[C@H]3O)C2N1C(C)=O. The minimum absolute atomic E-state index is 0.194. The molecule has 0 radical (unpaired) electrons. The summed E-state index contributed by atoms with van der Waals surface area (Å²) in [7, 11) is 0. The first-order chi connectivity index (χ1) is 11.8. The molecule has 1 amide bonds. The maximum absolute atomic E-state index is 12.1. The van der Waals surface area contributed by atoms with E-state index in [0.29, 0.717) is 0 Å². The van der Waals surface area contributed by atoms with Crippen LogP contribution in [-0.2, 0) is 14.3 Å². The van der Waals surface area contributed by atoms with Crippen LogP contribution < -0.4 is 0 Å². The van der Waals surface area contributed by atoms with Crippen LogP contribution in [0.3, 0.4) is 0 Å². The van der Waals surface area contributed by atoms with E-state index in [1.54, 1.807) is 0 Å². The van der Waals surface area contributed by atoms with Crippen molar-refractivity contribution >= 4 is 29.7 Å². The number of amidine groups is 2. The van der Waals surface area contributed by atoms with E-state index >= 15 is 0 Å². The molecule has 2 unspecified atom stereocenters. The molecular formula is C14H19N5O6. The summed E-state index contributed by atoms with van der Waals surface area (Å²) < 4.78 is 5.48. The summed E-state index contributed by atoms with van der Waals surface area (Å²) in [6.45, 7) is 1.98. The third-order valence-electron chi connectivity index (χ3n) is 4.41. The molecule has 3 aliphatic rings. The number of nitrogens with one attached hydrogen (secondary N) is 1. The van der Waals surface area contributed by atoms with Gasteiger partial charge in [0.1, 0.15) is 24.5 Å². The summed E-state index contributed by atoms with van der Waals surface area (Å²) in [5.41, 5.74) is 0. The molecule has 6 atom stereocenters. The molecule has 11 nitrogen and oxygen atoms in total. The molecule has 3 rings (SSSR count). The number of ether oxygens (including phenoxy) is 1. The highest BCUT2D eigenvalue weighted by Gasteiger charge is 2.53. The van der Waals surface area contributed by atoms with Crippen molar-refractivity contribution in [3.8, 4) is 0 Å². The lowest BCUT2D eigenvalue weighted by atomic mass is 10.1. The average Bonchev–Trinajstić information content (AvgIpc) is 3.10. The zero-order valence-corrected chi connectivity index (χ0v) is 13.6. The van der Waals surface area contributed by atoms with Gasteiger partial charge in [-0.2, -0.15) is 0 Å². The van der Waals surface area contributed by atoms with Crippen molar-refractivity contribution in [2.75, 3.05) is 6.61 Å². The smallest absolute Gasteiger partial charge is 0.226 e. The second-order valence-electron chi connectivity index (χ2n) is 6.06. The predicted molar refractivity (Wildman–Crippen MR) is 84.0 cm³/mol. The lowest BCUT2D eigenvalue weighted by Gasteiger charge is -2.41. The van der Waals surface area contributed by atoms with Gasteiger partial charge in [0.05, 0.1) is 12.9 Å². The molecule has 0 bridgehead atoms. The Balaban J connectivity index is 1.98. The van der Waals surface area contributed by atoms with Gasteiger partial charge in [-0.1, -0.05) is 0 Å². The van der Waals surface area contributed by atoms with E-state index in [1.165, 1.54) is 25.1 Å². The zero-order valence-electron chi connectivity index (χ0n) is 13.6. The third kappa shape index (κ3) is 2.65. The lowest BCUT2D eigenvalue weighted by Crippen LogP contribution is -2.63. The Hall–Kier alpha value is -2.21. The van der Waals surface area contributed by atoms with Crippen molar-refractivity contribution in [2.24, 2.45) is 9.98 Å². The number of carbonyl (C=O) groups excluding carboxylic acids is 2. The molecular weight excluding hydrogens is 334 g/mol. The highest BCUT2D eigenvalue weighted by atomic mass is 16.6. The molecule has 0 spiro atoms. The first-order valence-electron chi connectivity index (χ1n) is 7.69. The van der Waals surface area contributed by atoms with Crippen LogP contribution in [0.5, 0.6) is 0 Å². The fraction of sp³-hybridized carbons (Fsp3) is 0.643. The van der Waals surface area contributed by atoms with Crippen LogP contribution in [0.1, 0.15) is 13.8 Å². The Morgan fingerprint density at radius 2 is 2.00 bits per heavy atom. The van der Waals surface area contributed by atoms with Crippen LogP contribution >= 0.6 is 0 Å². The Morgan fingerprint density at radius 1 is 1.32 bits per heavy atom. The molecule has 3 heterocycles. The van der Waals surface area contributed by atoms with Crippen molar-refractivity contribution in [3.05, 3.63) is 0 Å². The standard InChI is InChI=1S/C14H19N5O6/c1-5(21)12-17-11(15)8-13(19(12)6(2)22)18(4-16-8)14-10(24)9(23)7(3-20)25-14/h4,7-10,13-15,20,23-24H,3H2,1-2H3/t7-,8?,9-,10-,13?,14-/m1/s1. The number of carbonyl (C=O) groups is 2. The van der Waals surface area contributed by atoms with Gasteiger partial charge in [-0.05, 0) is 0 Å². The molecule has 0 aromatic carbocycles.